The van der Waals surface area contributed by atoms with E-state index in [2.05, 4.69) is 0 Å². The van der Waals surface area contributed by atoms with Gasteiger partial charge in [-0.25, -0.2) is 0 Å². The number of nitrogens with zero attached hydrogens (tertiary/aromatic N) is 1. The first-order valence-corrected chi connectivity index (χ1v) is 5.78. The maximum atomic E-state index is 12.1. The molecule has 0 heterocycles. The number of carbonyl (C=O) groups is 1. The van der Waals surface area contributed by atoms with E-state index in [0.29, 0.717) is 17.5 Å². The van der Waals surface area contributed by atoms with Gasteiger partial charge in [-0.15, -0.1) is 0 Å². The molecule has 2 nitrogen and oxygen atoms in total. The van der Waals surface area contributed by atoms with E-state index in [1.54, 1.807) is 24.3 Å². The molecule has 88 valence electrons. The number of Topliss-reactive ketones (excluding diaryl/α,β-unsaturated/α-hetero) is 1. The second-order valence-electron chi connectivity index (χ2n) is 4.28. The van der Waals surface area contributed by atoms with E-state index in [1.165, 1.54) is 5.56 Å². The van der Waals surface area contributed by atoms with Crippen molar-refractivity contribution in [3.63, 3.8) is 0 Å². The number of hydrogen-bond donors (Lipinski definition) is 0. The number of aryl methyl sites for hydroxylation is 1. The van der Waals surface area contributed by atoms with Gasteiger partial charge in [0.2, 0.25) is 0 Å². The monoisotopic (exact) mass is 235 g/mol. The molecule has 2 heteroatoms. The molecule has 18 heavy (non-hydrogen) atoms. The van der Waals surface area contributed by atoms with Gasteiger partial charge in [0.15, 0.2) is 5.78 Å². The molecule has 0 unspecified atom stereocenters. The fourth-order valence-corrected chi connectivity index (χ4v) is 1.76. The third-order valence-electron chi connectivity index (χ3n) is 2.80. The number of carbonyl (C=O) groups excluding carboxylic acids is 1. The zero-order valence-electron chi connectivity index (χ0n) is 10.2. The minimum Gasteiger partial charge on any atom is -0.294 e. The average Bonchev–Trinajstić information content (AvgIpc) is 2.41. The third kappa shape index (κ3) is 2.83. The summed E-state index contributed by atoms with van der Waals surface area (Å²) >= 11 is 0. The highest BCUT2D eigenvalue weighted by Gasteiger charge is 2.07. The lowest BCUT2D eigenvalue weighted by atomic mass is 10.0. The van der Waals surface area contributed by atoms with Gasteiger partial charge in [0.05, 0.1) is 11.6 Å². The summed E-state index contributed by atoms with van der Waals surface area (Å²) in [7, 11) is 0. The quantitative estimate of drug-likeness (QED) is 0.766. The Morgan fingerprint density at radius 3 is 2.56 bits per heavy atom. The average molecular weight is 235 g/mol. The zero-order chi connectivity index (χ0) is 13.0. The lowest BCUT2D eigenvalue weighted by Crippen LogP contribution is -2.03. The summed E-state index contributed by atoms with van der Waals surface area (Å²) in [4.78, 5) is 12.1. The zero-order valence-corrected chi connectivity index (χ0v) is 10.2. The van der Waals surface area contributed by atoms with Crippen LogP contribution in [0, 0.1) is 18.3 Å². The van der Waals surface area contributed by atoms with Crippen molar-refractivity contribution in [2.24, 2.45) is 0 Å². The van der Waals surface area contributed by atoms with Crippen LogP contribution < -0.4 is 0 Å². The topological polar surface area (TPSA) is 40.9 Å². The largest absolute Gasteiger partial charge is 0.294 e. The molecule has 0 atom stereocenters. The van der Waals surface area contributed by atoms with Crippen molar-refractivity contribution in [2.45, 2.75) is 13.3 Å². The Bertz CT molecular complexity index is 606. The van der Waals surface area contributed by atoms with Crippen LogP contribution in [-0.4, -0.2) is 5.78 Å². The van der Waals surface area contributed by atoms with Crippen molar-refractivity contribution < 1.29 is 4.79 Å². The van der Waals surface area contributed by atoms with Crippen molar-refractivity contribution in [3.8, 4) is 6.07 Å². The van der Waals surface area contributed by atoms with E-state index < -0.39 is 0 Å². The molecule has 2 aromatic carbocycles. The maximum absolute atomic E-state index is 12.1. The van der Waals surface area contributed by atoms with E-state index in [0.717, 1.165) is 5.56 Å². The molecule has 0 spiro atoms. The predicted octanol–water partition coefficient (Wildman–Crippen LogP) is 3.29. The summed E-state index contributed by atoms with van der Waals surface area (Å²) in [5.41, 5.74) is 3.28. The van der Waals surface area contributed by atoms with Crippen LogP contribution in [0.15, 0.2) is 48.5 Å². The number of benzene rings is 2. The molecule has 0 radical (unpaired) electrons. The molecule has 0 fully saturated rings. The molecule has 0 aromatic heterocycles. The fourth-order valence-electron chi connectivity index (χ4n) is 1.76. The molecule has 0 aliphatic carbocycles. The molecule has 0 aliphatic rings. The molecular weight excluding hydrogens is 222 g/mol. The smallest absolute Gasteiger partial charge is 0.167 e. The summed E-state index contributed by atoms with van der Waals surface area (Å²) in [6, 6.07) is 16.8. The molecule has 0 amide bonds. The van der Waals surface area contributed by atoms with E-state index in [-0.39, 0.29) is 5.78 Å². The van der Waals surface area contributed by atoms with Crippen LogP contribution >= 0.6 is 0 Å². The molecular formula is C16H13NO. The van der Waals surface area contributed by atoms with Crippen molar-refractivity contribution in [1.82, 2.24) is 0 Å². The van der Waals surface area contributed by atoms with Gasteiger partial charge in [0.25, 0.3) is 0 Å². The maximum Gasteiger partial charge on any atom is 0.167 e. The Balaban J connectivity index is 2.17. The minimum absolute atomic E-state index is 0.0379. The van der Waals surface area contributed by atoms with Gasteiger partial charge in [-0.3, -0.25) is 4.79 Å². The Labute approximate surface area is 107 Å². The van der Waals surface area contributed by atoms with Crippen LogP contribution in [0.5, 0.6) is 0 Å². The van der Waals surface area contributed by atoms with Gasteiger partial charge in [-0.1, -0.05) is 42.0 Å². The highest BCUT2D eigenvalue weighted by molar-refractivity contribution is 5.97. The van der Waals surface area contributed by atoms with Gasteiger partial charge < -0.3 is 0 Å². The molecule has 0 saturated heterocycles. The van der Waals surface area contributed by atoms with Crippen LogP contribution in [0.25, 0.3) is 0 Å². The number of nitriles is 1. The van der Waals surface area contributed by atoms with Crippen molar-refractivity contribution in [3.05, 3.63) is 70.8 Å². The SMILES string of the molecule is Cc1ccc(CC(=O)c2cccc(C#N)c2)cc1. The molecule has 0 N–H and O–H groups in total. The van der Waals surface area contributed by atoms with Gasteiger partial charge >= 0.3 is 0 Å². The van der Waals surface area contributed by atoms with E-state index in [1.807, 2.05) is 37.3 Å². The highest BCUT2D eigenvalue weighted by atomic mass is 16.1. The van der Waals surface area contributed by atoms with Crippen molar-refractivity contribution in [1.29, 1.82) is 5.26 Å². The molecule has 2 rings (SSSR count). The Morgan fingerprint density at radius 1 is 1.17 bits per heavy atom. The van der Waals surface area contributed by atoms with Gasteiger partial charge in [0.1, 0.15) is 0 Å². The second-order valence-corrected chi connectivity index (χ2v) is 4.28. The molecule has 0 saturated carbocycles. The van der Waals surface area contributed by atoms with Crippen LogP contribution in [0.4, 0.5) is 0 Å². The van der Waals surface area contributed by atoms with Crippen LogP contribution in [0.3, 0.4) is 0 Å². The minimum atomic E-state index is 0.0379. The van der Waals surface area contributed by atoms with Gasteiger partial charge in [0, 0.05) is 12.0 Å². The first-order valence-electron chi connectivity index (χ1n) is 5.78. The summed E-state index contributed by atoms with van der Waals surface area (Å²) in [5.74, 6) is 0.0379. The van der Waals surface area contributed by atoms with Crippen LogP contribution in [-0.2, 0) is 6.42 Å². The molecule has 2 aromatic rings. The number of ketones is 1. The molecule has 0 bridgehead atoms. The Kier molecular flexibility index (Phi) is 3.54. The van der Waals surface area contributed by atoms with Crippen molar-refractivity contribution >= 4 is 5.78 Å². The summed E-state index contributed by atoms with van der Waals surface area (Å²) in [5, 5.41) is 8.80. The van der Waals surface area contributed by atoms with E-state index >= 15 is 0 Å². The summed E-state index contributed by atoms with van der Waals surface area (Å²) in [6.07, 6.45) is 0.370. The fraction of sp³-hybridized carbons (Fsp3) is 0.125. The Morgan fingerprint density at radius 2 is 1.89 bits per heavy atom. The van der Waals surface area contributed by atoms with Gasteiger partial charge in [-0.2, -0.15) is 5.26 Å². The number of hydrogen-bond acceptors (Lipinski definition) is 2. The van der Waals surface area contributed by atoms with Crippen molar-refractivity contribution in [2.75, 3.05) is 0 Å². The standard InChI is InChI=1S/C16H13NO/c1-12-5-7-13(8-6-12)10-16(18)15-4-2-3-14(9-15)11-17/h2-9H,10H2,1H3. The first kappa shape index (κ1) is 12.1. The second kappa shape index (κ2) is 5.29. The lowest BCUT2D eigenvalue weighted by molar-refractivity contribution is 0.0993. The van der Waals surface area contributed by atoms with E-state index in [4.69, 9.17) is 5.26 Å². The summed E-state index contributed by atoms with van der Waals surface area (Å²) < 4.78 is 0. The first-order chi connectivity index (χ1) is 8.69. The Hall–Kier alpha value is -2.40. The summed E-state index contributed by atoms with van der Waals surface area (Å²) in [6.45, 7) is 2.02. The predicted molar refractivity (Wildman–Crippen MR) is 70.4 cm³/mol. The lowest BCUT2D eigenvalue weighted by Gasteiger charge is -2.02. The van der Waals surface area contributed by atoms with E-state index in [9.17, 15) is 4.79 Å². The van der Waals surface area contributed by atoms with Crippen LogP contribution in [0.2, 0.25) is 0 Å². The normalized spacial score (nSPS) is 9.78. The van der Waals surface area contributed by atoms with Crippen LogP contribution in [0.1, 0.15) is 27.0 Å². The molecule has 0 aliphatic heterocycles. The number of rotatable bonds is 3. The van der Waals surface area contributed by atoms with Gasteiger partial charge in [-0.05, 0) is 24.6 Å². The third-order valence-corrected chi connectivity index (χ3v) is 2.80. The highest BCUT2D eigenvalue weighted by Crippen LogP contribution is 2.10.